The highest BCUT2D eigenvalue weighted by atomic mass is 16.6. The molecular weight excluding hydrogens is 745 g/mol. The van der Waals surface area contributed by atoms with Crippen LogP contribution in [0.4, 0.5) is 0 Å². The monoisotopic (exact) mass is 849 g/mol. The SMILES string of the molecule is CCCCCCCCCCCCCC(=O)OC[C@H](COC(=O)CCCCCCCCCCCC)OC(=O)CCCCCCCCCCCCCCCCCCCCC(C)C. The number of esters is 3. The molecule has 0 heterocycles. The molecule has 0 amide bonds. The van der Waals surface area contributed by atoms with Crippen LogP contribution in [0.15, 0.2) is 0 Å². The molecule has 0 unspecified atom stereocenters. The third-order valence-corrected chi connectivity index (χ3v) is 12.3. The quantitative estimate of drug-likeness (QED) is 0.0345. The Bertz CT molecular complexity index is 903. The van der Waals surface area contributed by atoms with Crippen molar-refractivity contribution in [2.45, 2.75) is 310 Å². The zero-order valence-corrected chi connectivity index (χ0v) is 40.9. The molecule has 6 nitrogen and oxygen atoms in total. The zero-order chi connectivity index (χ0) is 43.8. The average Bonchev–Trinajstić information content (AvgIpc) is 3.23. The fourth-order valence-corrected chi connectivity index (χ4v) is 8.22. The molecular formula is C54H104O6. The summed E-state index contributed by atoms with van der Waals surface area (Å²) < 4.78 is 16.8. The summed E-state index contributed by atoms with van der Waals surface area (Å²) in [4.78, 5) is 37.9. The molecule has 0 aromatic carbocycles. The first-order valence-electron chi connectivity index (χ1n) is 26.9. The molecule has 0 aliphatic rings. The first-order valence-corrected chi connectivity index (χ1v) is 26.9. The molecule has 0 radical (unpaired) electrons. The maximum Gasteiger partial charge on any atom is 0.306 e. The van der Waals surface area contributed by atoms with Crippen LogP contribution in [0.3, 0.4) is 0 Å². The molecule has 6 heteroatoms. The van der Waals surface area contributed by atoms with Crippen molar-refractivity contribution in [2.75, 3.05) is 13.2 Å². The number of ether oxygens (including phenoxy) is 3. The van der Waals surface area contributed by atoms with Crippen molar-refractivity contribution >= 4 is 17.9 Å². The minimum absolute atomic E-state index is 0.0626. The Labute approximate surface area is 374 Å². The highest BCUT2D eigenvalue weighted by Crippen LogP contribution is 2.17. The number of rotatable bonds is 49. The highest BCUT2D eigenvalue weighted by Gasteiger charge is 2.19. The van der Waals surface area contributed by atoms with Gasteiger partial charge in [0.15, 0.2) is 6.10 Å². The van der Waals surface area contributed by atoms with Crippen molar-refractivity contribution in [1.29, 1.82) is 0 Å². The number of carbonyl (C=O) groups is 3. The number of unbranched alkanes of at least 4 members (excludes halogenated alkanes) is 36. The van der Waals surface area contributed by atoms with E-state index >= 15 is 0 Å². The van der Waals surface area contributed by atoms with Crippen LogP contribution in [0.25, 0.3) is 0 Å². The Balaban J connectivity index is 4.20. The van der Waals surface area contributed by atoms with E-state index in [4.69, 9.17) is 14.2 Å². The van der Waals surface area contributed by atoms with Crippen molar-refractivity contribution in [3.8, 4) is 0 Å². The summed E-state index contributed by atoms with van der Waals surface area (Å²) in [6, 6.07) is 0. The van der Waals surface area contributed by atoms with E-state index in [-0.39, 0.29) is 31.1 Å². The van der Waals surface area contributed by atoms with Crippen LogP contribution < -0.4 is 0 Å². The summed E-state index contributed by atoms with van der Waals surface area (Å²) >= 11 is 0. The van der Waals surface area contributed by atoms with Crippen LogP contribution in [0, 0.1) is 5.92 Å². The van der Waals surface area contributed by atoms with Gasteiger partial charge in [0.05, 0.1) is 0 Å². The topological polar surface area (TPSA) is 78.9 Å². The van der Waals surface area contributed by atoms with E-state index < -0.39 is 6.10 Å². The predicted octanol–water partition coefficient (Wildman–Crippen LogP) is 17.5. The Morgan fingerprint density at radius 2 is 0.550 bits per heavy atom. The largest absolute Gasteiger partial charge is 0.462 e. The molecule has 0 aromatic heterocycles. The van der Waals surface area contributed by atoms with Crippen molar-refractivity contribution in [3.63, 3.8) is 0 Å². The van der Waals surface area contributed by atoms with Gasteiger partial charge >= 0.3 is 17.9 Å². The van der Waals surface area contributed by atoms with Gasteiger partial charge < -0.3 is 14.2 Å². The molecule has 0 spiro atoms. The minimum Gasteiger partial charge on any atom is -0.462 e. The predicted molar refractivity (Wildman–Crippen MR) is 257 cm³/mol. The van der Waals surface area contributed by atoms with Gasteiger partial charge in [-0.3, -0.25) is 14.4 Å². The third kappa shape index (κ3) is 47.5. The Morgan fingerprint density at radius 1 is 0.317 bits per heavy atom. The lowest BCUT2D eigenvalue weighted by atomic mass is 10.0. The van der Waals surface area contributed by atoms with Gasteiger partial charge in [0, 0.05) is 19.3 Å². The second-order valence-electron chi connectivity index (χ2n) is 19.0. The summed E-state index contributed by atoms with van der Waals surface area (Å²) in [7, 11) is 0. The molecule has 0 aliphatic heterocycles. The van der Waals surface area contributed by atoms with Gasteiger partial charge in [-0.2, -0.15) is 0 Å². The van der Waals surface area contributed by atoms with Crippen molar-refractivity contribution < 1.29 is 28.6 Å². The lowest BCUT2D eigenvalue weighted by Gasteiger charge is -2.18. The normalized spacial score (nSPS) is 11.9. The average molecular weight is 849 g/mol. The van der Waals surface area contributed by atoms with Gasteiger partial charge in [-0.1, -0.05) is 265 Å². The minimum atomic E-state index is -0.760. The molecule has 0 aromatic rings. The van der Waals surface area contributed by atoms with Crippen LogP contribution in [0.2, 0.25) is 0 Å². The molecule has 0 saturated carbocycles. The molecule has 0 aliphatic carbocycles. The van der Waals surface area contributed by atoms with Crippen LogP contribution in [0.5, 0.6) is 0 Å². The maximum atomic E-state index is 12.8. The van der Waals surface area contributed by atoms with Gasteiger partial charge in [-0.25, -0.2) is 0 Å². The van der Waals surface area contributed by atoms with Crippen molar-refractivity contribution in [2.24, 2.45) is 5.92 Å². The van der Waals surface area contributed by atoms with E-state index in [1.807, 2.05) is 0 Å². The summed E-state index contributed by atoms with van der Waals surface area (Å²) in [5, 5.41) is 0. The maximum absolute atomic E-state index is 12.8. The first-order chi connectivity index (χ1) is 29.4. The molecule has 0 fully saturated rings. The van der Waals surface area contributed by atoms with E-state index in [0.717, 1.165) is 63.7 Å². The third-order valence-electron chi connectivity index (χ3n) is 12.3. The Morgan fingerprint density at radius 3 is 0.817 bits per heavy atom. The smallest absolute Gasteiger partial charge is 0.306 e. The Kier molecular flexibility index (Phi) is 47.2. The summed E-state index contributed by atoms with van der Waals surface area (Å²) in [5.74, 6) is 0.0141. The lowest BCUT2D eigenvalue weighted by Crippen LogP contribution is -2.30. The first kappa shape index (κ1) is 58.4. The Hall–Kier alpha value is -1.59. The van der Waals surface area contributed by atoms with Gasteiger partial charge in [0.2, 0.25) is 0 Å². The van der Waals surface area contributed by atoms with Crippen LogP contribution in [-0.4, -0.2) is 37.2 Å². The van der Waals surface area contributed by atoms with E-state index in [9.17, 15) is 14.4 Å². The summed E-state index contributed by atoms with van der Waals surface area (Å²) in [5.41, 5.74) is 0. The molecule has 0 rings (SSSR count). The summed E-state index contributed by atoms with van der Waals surface area (Å²) in [6.07, 6.45) is 50.9. The van der Waals surface area contributed by atoms with Crippen LogP contribution >= 0.6 is 0 Å². The fraction of sp³-hybridized carbons (Fsp3) is 0.944. The molecule has 1 atom stereocenters. The van der Waals surface area contributed by atoms with Crippen molar-refractivity contribution in [3.05, 3.63) is 0 Å². The second-order valence-corrected chi connectivity index (χ2v) is 19.0. The van der Waals surface area contributed by atoms with E-state index in [1.165, 1.54) is 199 Å². The number of carbonyl (C=O) groups excluding carboxylic acids is 3. The molecule has 0 bridgehead atoms. The van der Waals surface area contributed by atoms with Gasteiger partial charge in [-0.15, -0.1) is 0 Å². The lowest BCUT2D eigenvalue weighted by molar-refractivity contribution is -0.167. The fourth-order valence-electron chi connectivity index (χ4n) is 8.22. The van der Waals surface area contributed by atoms with E-state index in [0.29, 0.717) is 19.3 Å². The van der Waals surface area contributed by atoms with Crippen molar-refractivity contribution in [1.82, 2.24) is 0 Å². The molecule has 60 heavy (non-hydrogen) atoms. The molecule has 0 N–H and O–H groups in total. The molecule has 356 valence electrons. The number of hydrogen-bond donors (Lipinski definition) is 0. The summed E-state index contributed by atoms with van der Waals surface area (Å²) in [6.45, 7) is 9.04. The van der Waals surface area contributed by atoms with E-state index in [2.05, 4.69) is 27.7 Å². The zero-order valence-electron chi connectivity index (χ0n) is 40.9. The molecule has 0 saturated heterocycles. The van der Waals surface area contributed by atoms with Crippen LogP contribution in [0.1, 0.15) is 304 Å². The van der Waals surface area contributed by atoms with Gasteiger partial charge in [0.25, 0.3) is 0 Å². The van der Waals surface area contributed by atoms with Gasteiger partial charge in [-0.05, 0) is 25.2 Å². The van der Waals surface area contributed by atoms with Gasteiger partial charge in [0.1, 0.15) is 13.2 Å². The second kappa shape index (κ2) is 48.4. The highest BCUT2D eigenvalue weighted by molar-refractivity contribution is 5.71. The van der Waals surface area contributed by atoms with Crippen LogP contribution in [-0.2, 0) is 28.6 Å². The van der Waals surface area contributed by atoms with E-state index in [1.54, 1.807) is 0 Å². The standard InChI is InChI=1S/C54H104O6/c1-5-7-9-11-13-15-25-30-34-38-42-46-53(56)59-49-51(48-58-52(55)45-41-37-33-29-16-14-12-10-8-6-2)60-54(57)47-43-39-35-31-27-24-22-20-18-17-19-21-23-26-28-32-36-40-44-50(3)4/h50-51H,5-49H2,1-4H3/t51-/m0/s1. The number of hydrogen-bond acceptors (Lipinski definition) is 6.